The maximum Gasteiger partial charge on any atom is 0.325 e. The molecule has 1 aromatic heterocycles. The third kappa shape index (κ3) is 2.88. The van der Waals surface area contributed by atoms with E-state index in [9.17, 15) is 9.59 Å². The number of rotatable bonds is 6. The Balaban J connectivity index is 1.65. The van der Waals surface area contributed by atoms with E-state index in [-0.39, 0.29) is 17.9 Å². The molecule has 1 unspecified atom stereocenters. The number of nitrogens with zero attached hydrogens (tertiary/aromatic N) is 5. The van der Waals surface area contributed by atoms with Gasteiger partial charge in [-0.2, -0.15) is 0 Å². The third-order valence-corrected chi connectivity index (χ3v) is 5.26. The molecule has 0 aromatic carbocycles. The Morgan fingerprint density at radius 2 is 2.00 bits per heavy atom. The molecule has 2 aliphatic heterocycles. The van der Waals surface area contributed by atoms with Crippen LogP contribution in [-0.2, 0) is 11.3 Å². The average molecular weight is 335 g/mol. The Kier molecular flexibility index (Phi) is 4.79. The first-order valence-electron chi connectivity index (χ1n) is 8.66. The van der Waals surface area contributed by atoms with Crippen molar-refractivity contribution >= 4 is 11.9 Å². The van der Waals surface area contributed by atoms with Gasteiger partial charge in [-0.05, 0) is 62.0 Å². The van der Waals surface area contributed by atoms with Crippen LogP contribution in [0.25, 0.3) is 0 Å². The number of hydrogen-bond donors (Lipinski definition) is 2. The molecule has 9 heteroatoms. The lowest BCUT2D eigenvalue weighted by Crippen LogP contribution is -2.55. The van der Waals surface area contributed by atoms with Crippen LogP contribution in [0.3, 0.4) is 0 Å². The fraction of sp³-hybridized carbons (Fsp3) is 0.800. The molecule has 2 saturated heterocycles. The first-order chi connectivity index (χ1) is 11.6. The van der Waals surface area contributed by atoms with E-state index in [1.807, 2.05) is 13.8 Å². The second kappa shape index (κ2) is 6.84. The van der Waals surface area contributed by atoms with Gasteiger partial charge in [-0.25, -0.2) is 9.48 Å². The number of piperidine rings is 1. The van der Waals surface area contributed by atoms with E-state index in [1.165, 1.54) is 4.90 Å². The van der Waals surface area contributed by atoms with Crippen LogP contribution in [-0.4, -0.2) is 62.2 Å². The monoisotopic (exact) mass is 335 g/mol. The second-order valence-corrected chi connectivity index (χ2v) is 6.54. The molecule has 2 aliphatic rings. The summed E-state index contributed by atoms with van der Waals surface area (Å²) in [6, 6.07) is -0.270. The van der Waals surface area contributed by atoms with Crippen LogP contribution >= 0.6 is 0 Å². The van der Waals surface area contributed by atoms with Gasteiger partial charge in [0.2, 0.25) is 0 Å². The largest absolute Gasteiger partial charge is 0.325 e. The van der Waals surface area contributed by atoms with Crippen molar-refractivity contribution < 1.29 is 9.59 Å². The van der Waals surface area contributed by atoms with Crippen LogP contribution in [0.2, 0.25) is 0 Å². The fourth-order valence-corrected chi connectivity index (χ4v) is 3.80. The van der Waals surface area contributed by atoms with Gasteiger partial charge in [0.15, 0.2) is 0 Å². The maximum absolute atomic E-state index is 13.0. The SMILES string of the molecule is CCC1(C2CCNCC2)NC(=O)N(CCCn2nnnc2C)C1=O. The van der Waals surface area contributed by atoms with Crippen LogP contribution < -0.4 is 10.6 Å². The zero-order chi connectivity index (χ0) is 17.2. The van der Waals surface area contributed by atoms with Crippen molar-refractivity contribution in [2.75, 3.05) is 19.6 Å². The number of aromatic nitrogens is 4. The highest BCUT2D eigenvalue weighted by atomic mass is 16.2. The minimum absolute atomic E-state index is 0.0738. The first-order valence-corrected chi connectivity index (χ1v) is 8.66. The summed E-state index contributed by atoms with van der Waals surface area (Å²) in [6.07, 6.45) is 3.09. The Bertz CT molecular complexity index is 611. The number of amides is 3. The average Bonchev–Trinajstić information content (AvgIpc) is 3.11. The Morgan fingerprint density at radius 3 is 2.62 bits per heavy atom. The maximum atomic E-state index is 13.0. The molecule has 3 amide bonds. The first kappa shape index (κ1) is 16.8. The zero-order valence-corrected chi connectivity index (χ0v) is 14.3. The molecule has 3 heterocycles. The van der Waals surface area contributed by atoms with Crippen molar-refractivity contribution in [1.29, 1.82) is 0 Å². The van der Waals surface area contributed by atoms with E-state index >= 15 is 0 Å². The molecule has 0 saturated carbocycles. The van der Waals surface area contributed by atoms with Gasteiger partial charge in [0.05, 0.1) is 0 Å². The van der Waals surface area contributed by atoms with Gasteiger partial charge in [-0.1, -0.05) is 6.92 Å². The number of urea groups is 1. The lowest BCUT2D eigenvalue weighted by molar-refractivity contribution is -0.133. The van der Waals surface area contributed by atoms with Crippen molar-refractivity contribution in [3.8, 4) is 0 Å². The molecule has 24 heavy (non-hydrogen) atoms. The summed E-state index contributed by atoms with van der Waals surface area (Å²) in [5, 5.41) is 17.6. The quantitative estimate of drug-likeness (QED) is 0.713. The van der Waals surface area contributed by atoms with Crippen molar-refractivity contribution in [3.05, 3.63) is 5.82 Å². The summed E-state index contributed by atoms with van der Waals surface area (Å²) in [5.41, 5.74) is -0.732. The van der Waals surface area contributed by atoms with E-state index in [0.29, 0.717) is 25.9 Å². The number of carbonyl (C=O) groups excluding carboxylic acids is 2. The molecule has 9 nitrogen and oxygen atoms in total. The minimum atomic E-state index is -0.732. The lowest BCUT2D eigenvalue weighted by Gasteiger charge is -2.37. The van der Waals surface area contributed by atoms with E-state index in [4.69, 9.17) is 0 Å². The second-order valence-electron chi connectivity index (χ2n) is 6.54. The molecule has 1 atom stereocenters. The van der Waals surface area contributed by atoms with Crippen LogP contribution in [0.15, 0.2) is 0 Å². The van der Waals surface area contributed by atoms with E-state index < -0.39 is 5.54 Å². The standard InChI is InChI=1S/C15H25N7O2/c1-3-15(12-5-7-16-8-6-12)13(23)21(14(24)17-15)9-4-10-22-11(2)18-19-20-22/h12,16H,3-10H2,1-2H3,(H,17,24). The van der Waals surface area contributed by atoms with Gasteiger partial charge in [0.1, 0.15) is 11.4 Å². The molecule has 2 N–H and O–H groups in total. The molecule has 132 valence electrons. The number of imide groups is 1. The minimum Gasteiger partial charge on any atom is -0.323 e. The molecule has 0 radical (unpaired) electrons. The van der Waals surface area contributed by atoms with E-state index in [0.717, 1.165) is 31.8 Å². The van der Waals surface area contributed by atoms with Gasteiger partial charge in [0.25, 0.3) is 5.91 Å². The fourth-order valence-electron chi connectivity index (χ4n) is 3.80. The van der Waals surface area contributed by atoms with Crippen molar-refractivity contribution in [2.24, 2.45) is 5.92 Å². The normalized spacial score (nSPS) is 25.3. The molecule has 0 spiro atoms. The van der Waals surface area contributed by atoms with Gasteiger partial charge < -0.3 is 10.6 Å². The van der Waals surface area contributed by atoms with Crippen LogP contribution in [0, 0.1) is 12.8 Å². The molecule has 0 aliphatic carbocycles. The number of nitrogens with one attached hydrogen (secondary N) is 2. The molecule has 3 rings (SSSR count). The molecular weight excluding hydrogens is 310 g/mol. The Labute approximate surface area is 141 Å². The van der Waals surface area contributed by atoms with Crippen molar-refractivity contribution in [1.82, 2.24) is 35.7 Å². The predicted octanol–water partition coefficient (Wildman–Crippen LogP) is 0.0718. The summed E-state index contributed by atoms with van der Waals surface area (Å²) >= 11 is 0. The smallest absolute Gasteiger partial charge is 0.323 e. The number of hydrogen-bond acceptors (Lipinski definition) is 6. The summed E-state index contributed by atoms with van der Waals surface area (Å²) in [4.78, 5) is 26.8. The van der Waals surface area contributed by atoms with Gasteiger partial charge >= 0.3 is 6.03 Å². The Morgan fingerprint density at radius 1 is 1.25 bits per heavy atom. The Hall–Kier alpha value is -2.03. The number of carbonyl (C=O) groups is 2. The predicted molar refractivity (Wildman–Crippen MR) is 86.0 cm³/mol. The van der Waals surface area contributed by atoms with Crippen LogP contribution in [0.1, 0.15) is 38.4 Å². The van der Waals surface area contributed by atoms with Crippen LogP contribution in [0.4, 0.5) is 4.79 Å². The van der Waals surface area contributed by atoms with E-state index in [2.05, 4.69) is 26.2 Å². The van der Waals surface area contributed by atoms with E-state index in [1.54, 1.807) is 4.68 Å². The van der Waals surface area contributed by atoms with Gasteiger partial charge in [-0.15, -0.1) is 5.10 Å². The van der Waals surface area contributed by atoms with Crippen LogP contribution in [0.5, 0.6) is 0 Å². The van der Waals surface area contributed by atoms with Crippen molar-refractivity contribution in [2.45, 2.75) is 51.6 Å². The topological polar surface area (TPSA) is 105 Å². The summed E-state index contributed by atoms with van der Waals surface area (Å²) in [6.45, 7) is 6.57. The highest BCUT2D eigenvalue weighted by Gasteiger charge is 2.54. The zero-order valence-electron chi connectivity index (χ0n) is 14.3. The number of aryl methyl sites for hydroxylation is 2. The molecular formula is C15H25N7O2. The van der Waals surface area contributed by atoms with Crippen molar-refractivity contribution in [3.63, 3.8) is 0 Å². The van der Waals surface area contributed by atoms with Gasteiger partial charge in [-0.3, -0.25) is 9.69 Å². The van der Waals surface area contributed by atoms with Gasteiger partial charge in [0, 0.05) is 13.1 Å². The highest BCUT2D eigenvalue weighted by molar-refractivity contribution is 6.07. The third-order valence-electron chi connectivity index (χ3n) is 5.26. The molecule has 1 aromatic rings. The summed E-state index contributed by atoms with van der Waals surface area (Å²) in [5.74, 6) is 0.854. The number of tetrazole rings is 1. The summed E-state index contributed by atoms with van der Waals surface area (Å²) in [7, 11) is 0. The molecule has 0 bridgehead atoms. The highest BCUT2D eigenvalue weighted by Crippen LogP contribution is 2.34. The summed E-state index contributed by atoms with van der Waals surface area (Å²) < 4.78 is 1.68. The molecule has 2 fully saturated rings. The lowest BCUT2D eigenvalue weighted by atomic mass is 9.76.